The molecule has 1 saturated heterocycles. The van der Waals surface area contributed by atoms with E-state index >= 15 is 0 Å². The second kappa shape index (κ2) is 6.76. The van der Waals surface area contributed by atoms with Crippen molar-refractivity contribution in [1.82, 2.24) is 9.88 Å². The van der Waals surface area contributed by atoms with Crippen LogP contribution in [0, 0.1) is 17.8 Å². The largest absolute Gasteiger partial charge is 0.481 e. The van der Waals surface area contributed by atoms with E-state index in [1.165, 1.54) is 6.26 Å². The van der Waals surface area contributed by atoms with E-state index in [-0.39, 0.29) is 24.8 Å². The van der Waals surface area contributed by atoms with Crippen LogP contribution in [0.4, 0.5) is 0 Å². The van der Waals surface area contributed by atoms with E-state index in [2.05, 4.69) is 4.98 Å². The van der Waals surface area contributed by atoms with Crippen molar-refractivity contribution in [2.45, 2.75) is 19.3 Å². The second-order valence-electron chi connectivity index (χ2n) is 7.07. The summed E-state index contributed by atoms with van der Waals surface area (Å²) in [4.78, 5) is 30.1. The minimum atomic E-state index is -0.802. The summed E-state index contributed by atoms with van der Waals surface area (Å²) in [7, 11) is 0. The zero-order valence-corrected chi connectivity index (χ0v) is 14.9. The van der Waals surface area contributed by atoms with Gasteiger partial charge < -0.3 is 14.4 Å². The first-order valence-corrected chi connectivity index (χ1v) is 9.10. The normalized spacial score (nSPS) is 22.6. The summed E-state index contributed by atoms with van der Waals surface area (Å²) in [5.41, 5.74) is 1.33. The zero-order chi connectivity index (χ0) is 18.3. The molecule has 1 N–H and O–H groups in total. The fraction of sp³-hybridized carbons (Fsp3) is 0.421. The maximum atomic E-state index is 12.6. The number of halogens is 1. The van der Waals surface area contributed by atoms with Crippen LogP contribution < -0.4 is 0 Å². The van der Waals surface area contributed by atoms with Crippen molar-refractivity contribution in [3.8, 4) is 11.5 Å². The van der Waals surface area contributed by atoms with E-state index in [1.54, 1.807) is 29.2 Å². The molecule has 2 atom stereocenters. The van der Waals surface area contributed by atoms with Crippen LogP contribution >= 0.6 is 11.6 Å². The molecule has 2 fully saturated rings. The van der Waals surface area contributed by atoms with Crippen molar-refractivity contribution >= 4 is 23.5 Å². The number of hydrogen-bond acceptors (Lipinski definition) is 4. The average Bonchev–Trinajstić information content (AvgIpc) is 3.18. The maximum Gasteiger partial charge on any atom is 0.308 e. The molecule has 2 aromatic rings. The minimum absolute atomic E-state index is 0.0818. The Morgan fingerprint density at radius 1 is 1.23 bits per heavy atom. The van der Waals surface area contributed by atoms with Crippen LogP contribution in [0.3, 0.4) is 0 Å². The molecule has 0 spiro atoms. The Bertz CT molecular complexity index is 828. The number of likely N-dealkylation sites (tertiary alicyclic amines) is 1. The molecule has 0 bridgehead atoms. The Morgan fingerprint density at radius 3 is 2.62 bits per heavy atom. The molecule has 1 aromatic carbocycles. The van der Waals surface area contributed by atoms with Gasteiger partial charge >= 0.3 is 5.97 Å². The number of carbonyl (C=O) groups excluding carboxylic acids is 1. The Labute approximate surface area is 155 Å². The van der Waals surface area contributed by atoms with Crippen molar-refractivity contribution in [1.29, 1.82) is 0 Å². The van der Waals surface area contributed by atoms with Gasteiger partial charge in [-0.1, -0.05) is 11.6 Å². The lowest BCUT2D eigenvalue weighted by molar-refractivity contribution is -0.142. The summed E-state index contributed by atoms with van der Waals surface area (Å²) in [6.45, 7) is 0.819. The average molecular weight is 375 g/mol. The number of aliphatic carboxylic acids is 1. The number of aromatic nitrogens is 1. The molecular formula is C19H19ClN2O4. The Hall–Kier alpha value is -2.34. The van der Waals surface area contributed by atoms with Crippen molar-refractivity contribution in [3.63, 3.8) is 0 Å². The maximum absolute atomic E-state index is 12.6. The molecule has 1 aromatic heterocycles. The lowest BCUT2D eigenvalue weighted by atomic mass is 9.92. The third-order valence-electron chi connectivity index (χ3n) is 5.24. The molecule has 7 heteroatoms. The molecule has 1 amide bonds. The summed E-state index contributed by atoms with van der Waals surface area (Å²) < 4.78 is 5.46. The number of carboxylic acids is 1. The predicted molar refractivity (Wildman–Crippen MR) is 94.6 cm³/mol. The number of oxazole rings is 1. The highest BCUT2D eigenvalue weighted by atomic mass is 35.5. The van der Waals surface area contributed by atoms with E-state index in [0.717, 1.165) is 18.4 Å². The Kier molecular flexibility index (Phi) is 4.44. The van der Waals surface area contributed by atoms with Crippen LogP contribution in [0.25, 0.3) is 11.5 Å². The Balaban J connectivity index is 1.42. The summed E-state index contributed by atoms with van der Waals surface area (Å²) in [5, 5.41) is 10.1. The van der Waals surface area contributed by atoms with Gasteiger partial charge in [-0.05, 0) is 48.9 Å². The number of hydrogen-bond donors (Lipinski definition) is 1. The quantitative estimate of drug-likeness (QED) is 0.869. The molecule has 2 heterocycles. The third-order valence-corrected chi connectivity index (χ3v) is 5.49. The highest BCUT2D eigenvalue weighted by Crippen LogP contribution is 2.44. The molecule has 1 saturated carbocycles. The molecule has 4 rings (SSSR count). The monoisotopic (exact) mass is 374 g/mol. The van der Waals surface area contributed by atoms with Gasteiger partial charge in [-0.2, -0.15) is 0 Å². The van der Waals surface area contributed by atoms with Crippen molar-refractivity contribution in [2.24, 2.45) is 17.8 Å². The van der Waals surface area contributed by atoms with Crippen LogP contribution in [0.5, 0.6) is 0 Å². The van der Waals surface area contributed by atoms with Gasteiger partial charge in [0.1, 0.15) is 6.26 Å². The van der Waals surface area contributed by atoms with Gasteiger partial charge in [0.25, 0.3) is 0 Å². The summed E-state index contributed by atoms with van der Waals surface area (Å²) in [6.07, 6.45) is 3.74. The molecule has 26 heavy (non-hydrogen) atoms. The number of carboxylic acid groups (broad SMARTS) is 1. The van der Waals surface area contributed by atoms with Gasteiger partial charge in [0.2, 0.25) is 11.8 Å². The van der Waals surface area contributed by atoms with E-state index in [4.69, 9.17) is 16.0 Å². The molecule has 2 aliphatic rings. The first-order valence-electron chi connectivity index (χ1n) is 8.72. The van der Waals surface area contributed by atoms with Gasteiger partial charge in [0.15, 0.2) is 0 Å². The highest BCUT2D eigenvalue weighted by Gasteiger charge is 2.46. The predicted octanol–water partition coefficient (Wildman–Crippen LogP) is 3.11. The zero-order valence-electron chi connectivity index (χ0n) is 14.1. The lowest BCUT2D eigenvalue weighted by Gasteiger charge is -2.15. The summed E-state index contributed by atoms with van der Waals surface area (Å²) >= 11 is 5.88. The van der Waals surface area contributed by atoms with E-state index in [1.807, 2.05) is 0 Å². The number of carbonyl (C=O) groups is 2. The lowest BCUT2D eigenvalue weighted by Crippen LogP contribution is -2.31. The molecular weight excluding hydrogens is 356 g/mol. The van der Waals surface area contributed by atoms with Gasteiger partial charge in [0.05, 0.1) is 18.0 Å². The summed E-state index contributed by atoms with van der Waals surface area (Å²) in [5.74, 6) is -0.381. The highest BCUT2D eigenvalue weighted by molar-refractivity contribution is 6.30. The fourth-order valence-electron chi connectivity index (χ4n) is 3.68. The van der Waals surface area contributed by atoms with Gasteiger partial charge in [-0.25, -0.2) is 4.98 Å². The van der Waals surface area contributed by atoms with Crippen LogP contribution in [0.1, 0.15) is 18.5 Å². The second-order valence-corrected chi connectivity index (χ2v) is 7.51. The van der Waals surface area contributed by atoms with Gasteiger partial charge in [-0.15, -0.1) is 0 Å². The van der Waals surface area contributed by atoms with Crippen molar-refractivity contribution in [3.05, 3.63) is 41.2 Å². The smallest absolute Gasteiger partial charge is 0.308 e. The molecule has 136 valence electrons. The number of benzene rings is 1. The molecule has 6 nitrogen and oxygen atoms in total. The van der Waals surface area contributed by atoms with Crippen LogP contribution in [0.15, 0.2) is 34.9 Å². The van der Waals surface area contributed by atoms with Crippen LogP contribution in [0.2, 0.25) is 5.02 Å². The molecule has 1 aliphatic carbocycles. The first-order chi connectivity index (χ1) is 12.5. The summed E-state index contributed by atoms with van der Waals surface area (Å²) in [6, 6.07) is 7.11. The van der Waals surface area contributed by atoms with Crippen molar-refractivity contribution < 1.29 is 19.1 Å². The van der Waals surface area contributed by atoms with E-state index in [0.29, 0.717) is 29.1 Å². The Morgan fingerprint density at radius 2 is 1.96 bits per heavy atom. The van der Waals surface area contributed by atoms with E-state index in [9.17, 15) is 14.7 Å². The fourth-order valence-corrected chi connectivity index (χ4v) is 3.80. The number of nitrogens with zero attached hydrogens (tertiary/aromatic N) is 2. The first kappa shape index (κ1) is 17.1. The number of rotatable bonds is 5. The third kappa shape index (κ3) is 3.46. The molecule has 1 aliphatic heterocycles. The van der Waals surface area contributed by atoms with Crippen LogP contribution in [-0.2, 0) is 16.0 Å². The minimum Gasteiger partial charge on any atom is -0.481 e. The van der Waals surface area contributed by atoms with Crippen LogP contribution in [-0.4, -0.2) is 40.0 Å². The number of amides is 1. The standard InChI is InChI=1S/C19H19ClN2O4/c20-13-5-3-12(4-6-13)18-21-14(10-26-18)7-17(23)22-8-15(11-1-2-11)16(9-22)19(24)25/h3-6,10-11,15-16H,1-2,7-9H2,(H,24,25)/t15-,16+/m1/s1. The van der Waals surface area contributed by atoms with Crippen molar-refractivity contribution in [2.75, 3.05) is 13.1 Å². The van der Waals surface area contributed by atoms with E-state index < -0.39 is 11.9 Å². The van der Waals surface area contributed by atoms with Gasteiger partial charge in [0, 0.05) is 23.7 Å². The SMILES string of the molecule is O=C(O)[C@H]1CN(C(=O)Cc2coc(-c3ccc(Cl)cc3)n2)C[C@@H]1C1CC1. The topological polar surface area (TPSA) is 83.6 Å². The van der Waals surface area contributed by atoms with Gasteiger partial charge in [-0.3, -0.25) is 9.59 Å². The molecule has 0 radical (unpaired) electrons. The molecule has 0 unspecified atom stereocenters.